The maximum atomic E-state index is 12.8. The molecular formula is C24H28N2O3. The van der Waals surface area contributed by atoms with Gasteiger partial charge in [0.05, 0.1) is 0 Å². The number of fused-ring (bicyclic) bond motifs is 1. The molecule has 29 heavy (non-hydrogen) atoms. The van der Waals surface area contributed by atoms with Gasteiger partial charge in [0.1, 0.15) is 6.54 Å². The smallest absolute Gasteiger partial charge is 0.323 e. The summed E-state index contributed by atoms with van der Waals surface area (Å²) in [5.41, 5.74) is 4.38. The molecule has 1 N–H and O–H groups in total. The normalized spacial score (nSPS) is 11.0. The zero-order valence-corrected chi connectivity index (χ0v) is 17.1. The molecule has 1 heterocycles. The van der Waals surface area contributed by atoms with E-state index in [1.54, 1.807) is 0 Å². The fraction of sp³-hybridized carbons (Fsp3) is 0.333. The summed E-state index contributed by atoms with van der Waals surface area (Å²) >= 11 is 0. The number of carboxylic acids is 1. The van der Waals surface area contributed by atoms with Gasteiger partial charge in [0.15, 0.2) is 0 Å². The summed E-state index contributed by atoms with van der Waals surface area (Å²) in [7, 11) is 0. The fourth-order valence-electron chi connectivity index (χ4n) is 3.66. The van der Waals surface area contributed by atoms with E-state index in [0.29, 0.717) is 19.4 Å². The summed E-state index contributed by atoms with van der Waals surface area (Å²) in [6.07, 6.45) is 4.06. The Labute approximate surface area is 171 Å². The van der Waals surface area contributed by atoms with Gasteiger partial charge in [0.25, 0.3) is 0 Å². The van der Waals surface area contributed by atoms with Crippen LogP contribution in [0.5, 0.6) is 0 Å². The Hall–Kier alpha value is -3.08. The van der Waals surface area contributed by atoms with E-state index in [2.05, 4.69) is 29.8 Å². The van der Waals surface area contributed by atoms with Crippen LogP contribution < -0.4 is 0 Å². The van der Waals surface area contributed by atoms with Gasteiger partial charge >= 0.3 is 5.97 Å². The lowest BCUT2D eigenvalue weighted by atomic mass is 10.1. The van der Waals surface area contributed by atoms with Crippen molar-refractivity contribution in [1.29, 1.82) is 0 Å². The Morgan fingerprint density at radius 1 is 1.07 bits per heavy atom. The molecular weight excluding hydrogens is 364 g/mol. The summed E-state index contributed by atoms with van der Waals surface area (Å²) in [6, 6.07) is 16.1. The average Bonchev–Trinajstić information content (AvgIpc) is 3.05. The topological polar surface area (TPSA) is 62.5 Å². The van der Waals surface area contributed by atoms with Gasteiger partial charge in [0, 0.05) is 36.6 Å². The van der Waals surface area contributed by atoms with Crippen molar-refractivity contribution in [3.05, 3.63) is 71.4 Å². The predicted octanol–water partition coefficient (Wildman–Crippen LogP) is 4.41. The standard InChI is InChI=1S/C24H28N2O3/c1-3-14-25-16-20(21-6-4-5-7-22(21)25)12-13-23(27)26(17-24(28)29)15-19-10-8-18(2)9-11-19/h4-11,16H,3,12-15,17H2,1-2H3,(H,28,29). The molecule has 152 valence electrons. The minimum absolute atomic E-state index is 0.139. The van der Waals surface area contributed by atoms with Gasteiger partial charge in [-0.05, 0) is 37.0 Å². The molecule has 0 aliphatic rings. The minimum Gasteiger partial charge on any atom is -0.480 e. The summed E-state index contributed by atoms with van der Waals surface area (Å²) in [4.78, 5) is 25.6. The summed E-state index contributed by atoms with van der Waals surface area (Å²) in [5.74, 6) is -1.13. The molecule has 3 rings (SSSR count). The number of nitrogens with zero attached hydrogens (tertiary/aromatic N) is 2. The quantitative estimate of drug-likeness (QED) is 0.587. The summed E-state index contributed by atoms with van der Waals surface area (Å²) in [6.45, 7) is 5.10. The van der Waals surface area contributed by atoms with Gasteiger partial charge in [-0.3, -0.25) is 9.59 Å². The molecule has 5 nitrogen and oxygen atoms in total. The van der Waals surface area contributed by atoms with Crippen LogP contribution in [-0.4, -0.2) is 33.0 Å². The lowest BCUT2D eigenvalue weighted by molar-refractivity contribution is -0.144. The fourth-order valence-corrected chi connectivity index (χ4v) is 3.66. The largest absolute Gasteiger partial charge is 0.480 e. The first-order valence-electron chi connectivity index (χ1n) is 10.1. The van der Waals surface area contributed by atoms with Crippen molar-refractivity contribution in [1.82, 2.24) is 9.47 Å². The third-order valence-corrected chi connectivity index (χ3v) is 5.12. The van der Waals surface area contributed by atoms with Crippen LogP contribution in [0.2, 0.25) is 0 Å². The van der Waals surface area contributed by atoms with E-state index in [1.807, 2.05) is 43.3 Å². The number of hydrogen-bond donors (Lipinski definition) is 1. The second-order valence-corrected chi connectivity index (χ2v) is 7.49. The number of carbonyl (C=O) groups is 2. The van der Waals surface area contributed by atoms with Crippen LogP contribution in [0.15, 0.2) is 54.7 Å². The van der Waals surface area contributed by atoms with E-state index >= 15 is 0 Å². The summed E-state index contributed by atoms with van der Waals surface area (Å²) in [5, 5.41) is 10.4. The van der Waals surface area contributed by atoms with Gasteiger partial charge in [-0.1, -0.05) is 55.0 Å². The minimum atomic E-state index is -0.995. The SMILES string of the molecule is CCCn1cc(CCC(=O)N(CC(=O)O)Cc2ccc(C)cc2)c2ccccc21. The van der Waals surface area contributed by atoms with Crippen LogP contribution >= 0.6 is 0 Å². The second-order valence-electron chi connectivity index (χ2n) is 7.49. The third-order valence-electron chi connectivity index (χ3n) is 5.12. The van der Waals surface area contributed by atoms with Gasteiger partial charge in [0.2, 0.25) is 5.91 Å². The number of carboxylic acid groups (broad SMARTS) is 1. The highest BCUT2D eigenvalue weighted by Crippen LogP contribution is 2.23. The highest BCUT2D eigenvalue weighted by Gasteiger charge is 2.18. The number of aliphatic carboxylic acids is 1. The molecule has 0 aliphatic heterocycles. The molecule has 0 radical (unpaired) electrons. The lowest BCUT2D eigenvalue weighted by Gasteiger charge is -2.21. The molecule has 2 aromatic carbocycles. The Morgan fingerprint density at radius 3 is 2.48 bits per heavy atom. The first-order valence-corrected chi connectivity index (χ1v) is 10.1. The van der Waals surface area contributed by atoms with Crippen LogP contribution in [0.3, 0.4) is 0 Å². The zero-order chi connectivity index (χ0) is 20.8. The van der Waals surface area contributed by atoms with E-state index in [1.165, 1.54) is 10.4 Å². The Morgan fingerprint density at radius 2 is 1.79 bits per heavy atom. The number of carbonyl (C=O) groups excluding carboxylic acids is 1. The number of benzene rings is 2. The van der Waals surface area contributed by atoms with Crippen molar-refractivity contribution < 1.29 is 14.7 Å². The van der Waals surface area contributed by atoms with Gasteiger partial charge in [-0.15, -0.1) is 0 Å². The van der Waals surface area contributed by atoms with E-state index in [4.69, 9.17) is 0 Å². The lowest BCUT2D eigenvalue weighted by Crippen LogP contribution is -2.35. The maximum Gasteiger partial charge on any atom is 0.323 e. The van der Waals surface area contributed by atoms with Crippen LogP contribution in [0, 0.1) is 6.92 Å². The molecule has 3 aromatic rings. The molecule has 0 atom stereocenters. The molecule has 0 saturated heterocycles. The van der Waals surface area contributed by atoms with Crippen molar-refractivity contribution in [2.24, 2.45) is 0 Å². The van der Waals surface area contributed by atoms with Gasteiger partial charge < -0.3 is 14.6 Å². The molecule has 0 bridgehead atoms. The number of rotatable bonds is 9. The Kier molecular flexibility index (Phi) is 6.70. The van der Waals surface area contributed by atoms with Crippen molar-refractivity contribution in [2.75, 3.05) is 6.54 Å². The second kappa shape index (κ2) is 9.41. The average molecular weight is 392 g/mol. The first-order chi connectivity index (χ1) is 14.0. The van der Waals surface area contributed by atoms with Crippen LogP contribution in [0.4, 0.5) is 0 Å². The summed E-state index contributed by atoms with van der Waals surface area (Å²) < 4.78 is 2.23. The Bertz CT molecular complexity index is 989. The molecule has 1 amide bonds. The van der Waals surface area contributed by atoms with Crippen molar-refractivity contribution in [3.63, 3.8) is 0 Å². The number of hydrogen-bond acceptors (Lipinski definition) is 2. The number of para-hydroxylation sites is 1. The molecule has 0 spiro atoms. The van der Waals surface area contributed by atoms with Crippen LogP contribution in [0.25, 0.3) is 10.9 Å². The molecule has 1 aromatic heterocycles. The van der Waals surface area contributed by atoms with E-state index in [9.17, 15) is 14.7 Å². The number of amides is 1. The van der Waals surface area contributed by atoms with E-state index < -0.39 is 5.97 Å². The molecule has 0 aliphatic carbocycles. The van der Waals surface area contributed by atoms with Crippen molar-refractivity contribution in [2.45, 2.75) is 46.2 Å². The van der Waals surface area contributed by atoms with Gasteiger partial charge in [-0.2, -0.15) is 0 Å². The highest BCUT2D eigenvalue weighted by molar-refractivity contribution is 5.85. The monoisotopic (exact) mass is 392 g/mol. The Balaban J connectivity index is 1.73. The van der Waals surface area contributed by atoms with Crippen molar-refractivity contribution >= 4 is 22.8 Å². The third kappa shape index (κ3) is 5.25. The van der Waals surface area contributed by atoms with Gasteiger partial charge in [-0.25, -0.2) is 0 Å². The zero-order valence-electron chi connectivity index (χ0n) is 17.1. The van der Waals surface area contributed by atoms with Crippen LogP contribution in [0.1, 0.15) is 36.5 Å². The highest BCUT2D eigenvalue weighted by atomic mass is 16.4. The number of aromatic nitrogens is 1. The number of aryl methyl sites for hydroxylation is 3. The maximum absolute atomic E-state index is 12.8. The molecule has 0 saturated carbocycles. The molecule has 0 unspecified atom stereocenters. The van der Waals surface area contributed by atoms with Crippen molar-refractivity contribution in [3.8, 4) is 0 Å². The first kappa shape index (κ1) is 20.6. The predicted molar refractivity (Wildman–Crippen MR) is 115 cm³/mol. The van der Waals surface area contributed by atoms with E-state index in [0.717, 1.165) is 35.0 Å². The molecule has 5 heteroatoms. The molecule has 0 fully saturated rings. The van der Waals surface area contributed by atoms with Crippen LogP contribution in [-0.2, 0) is 29.1 Å². The van der Waals surface area contributed by atoms with E-state index in [-0.39, 0.29) is 12.5 Å².